The van der Waals surface area contributed by atoms with Gasteiger partial charge in [-0.25, -0.2) is 4.79 Å². The van der Waals surface area contributed by atoms with E-state index in [0.717, 1.165) is 25.7 Å². The van der Waals surface area contributed by atoms with Crippen LogP contribution in [-0.2, 0) is 4.79 Å². The molecule has 4 rings (SSSR count). The lowest BCUT2D eigenvalue weighted by Gasteiger charge is -2.29. The number of hydrogen-bond donors (Lipinski definition) is 1. The van der Waals surface area contributed by atoms with E-state index < -0.39 is 12.2 Å². The van der Waals surface area contributed by atoms with Crippen molar-refractivity contribution >= 4 is 22.8 Å². The number of amides is 1. The largest absolute Gasteiger partial charge is 0.482 e. The van der Waals surface area contributed by atoms with E-state index >= 15 is 0 Å². The van der Waals surface area contributed by atoms with Gasteiger partial charge in [-0.05, 0) is 48.9 Å². The molecule has 8 heteroatoms. The summed E-state index contributed by atoms with van der Waals surface area (Å²) in [6.45, 7) is 1.47. The first-order valence-corrected chi connectivity index (χ1v) is 9.30. The second-order valence-electron chi connectivity index (χ2n) is 7.11. The van der Waals surface area contributed by atoms with E-state index in [2.05, 4.69) is 5.16 Å². The van der Waals surface area contributed by atoms with Crippen molar-refractivity contribution in [1.82, 2.24) is 10.1 Å². The first kappa shape index (κ1) is 17.6. The third kappa shape index (κ3) is 3.70. The van der Waals surface area contributed by atoms with Crippen molar-refractivity contribution in [2.75, 3.05) is 19.7 Å². The van der Waals surface area contributed by atoms with Crippen LogP contribution in [0.3, 0.4) is 0 Å². The van der Waals surface area contributed by atoms with E-state index in [1.807, 2.05) is 0 Å². The molecule has 1 aromatic carbocycles. The molecule has 2 fully saturated rings. The van der Waals surface area contributed by atoms with Gasteiger partial charge >= 0.3 is 6.09 Å². The highest BCUT2D eigenvalue weighted by atomic mass is 16.5. The zero-order valence-corrected chi connectivity index (χ0v) is 14.9. The standard InChI is InChI=1S/C19H22N2O6/c22-13-3-1-4-14(13)26-15-5-2-6-16-17(15)18(20-27-16)25-11-12-7-9-21(10-8-12)19(23)24/h2,5-6,12,14H,1,3-4,7-11H2,(H,23,24). The number of nitrogens with zero attached hydrogens (tertiary/aromatic N) is 2. The van der Waals surface area contributed by atoms with Gasteiger partial charge in [-0.15, -0.1) is 0 Å². The molecular formula is C19H22N2O6. The topological polar surface area (TPSA) is 102 Å². The lowest BCUT2D eigenvalue weighted by Crippen LogP contribution is -2.38. The molecule has 0 bridgehead atoms. The summed E-state index contributed by atoms with van der Waals surface area (Å²) in [6.07, 6.45) is 2.34. The summed E-state index contributed by atoms with van der Waals surface area (Å²) in [4.78, 5) is 24.3. The number of benzene rings is 1. The van der Waals surface area contributed by atoms with Gasteiger partial charge in [-0.3, -0.25) is 4.79 Å². The van der Waals surface area contributed by atoms with Crippen molar-refractivity contribution in [3.8, 4) is 11.6 Å². The molecule has 2 aromatic rings. The molecule has 0 radical (unpaired) electrons. The van der Waals surface area contributed by atoms with Gasteiger partial charge in [0.15, 0.2) is 17.5 Å². The number of hydrogen-bond acceptors (Lipinski definition) is 6. The molecule has 0 spiro atoms. The van der Waals surface area contributed by atoms with Crippen molar-refractivity contribution in [2.24, 2.45) is 5.92 Å². The first-order chi connectivity index (χ1) is 13.1. The number of carboxylic acid groups (broad SMARTS) is 1. The molecule has 1 aliphatic carbocycles. The van der Waals surface area contributed by atoms with Crippen molar-refractivity contribution in [3.05, 3.63) is 18.2 Å². The fraction of sp³-hybridized carbons (Fsp3) is 0.526. The van der Waals surface area contributed by atoms with Gasteiger partial charge in [0.05, 0.1) is 6.61 Å². The number of carbonyl (C=O) groups excluding carboxylic acids is 1. The third-order valence-corrected chi connectivity index (χ3v) is 5.29. The fourth-order valence-electron chi connectivity index (χ4n) is 3.68. The van der Waals surface area contributed by atoms with E-state index in [-0.39, 0.29) is 11.7 Å². The molecule has 1 amide bonds. The Morgan fingerprint density at radius 1 is 1.30 bits per heavy atom. The van der Waals surface area contributed by atoms with Crippen LogP contribution in [0.2, 0.25) is 0 Å². The molecule has 1 saturated carbocycles. The maximum Gasteiger partial charge on any atom is 0.407 e. The minimum atomic E-state index is -0.875. The third-order valence-electron chi connectivity index (χ3n) is 5.29. The summed E-state index contributed by atoms with van der Waals surface area (Å²) in [6, 6.07) is 5.38. The summed E-state index contributed by atoms with van der Waals surface area (Å²) in [5, 5.41) is 13.7. The molecule has 144 valence electrons. The predicted octanol–water partition coefficient (Wildman–Crippen LogP) is 3.10. The van der Waals surface area contributed by atoms with Crippen LogP contribution in [0.25, 0.3) is 11.0 Å². The molecule has 8 nitrogen and oxygen atoms in total. The Morgan fingerprint density at radius 2 is 2.11 bits per heavy atom. The first-order valence-electron chi connectivity index (χ1n) is 9.30. The van der Waals surface area contributed by atoms with Crippen LogP contribution in [-0.4, -0.2) is 52.8 Å². The van der Waals surface area contributed by atoms with Crippen molar-refractivity contribution in [1.29, 1.82) is 0 Å². The van der Waals surface area contributed by atoms with Crippen LogP contribution in [0.15, 0.2) is 22.7 Å². The molecule has 27 heavy (non-hydrogen) atoms. The molecule has 1 saturated heterocycles. The van der Waals surface area contributed by atoms with Crippen molar-refractivity contribution in [2.45, 2.75) is 38.2 Å². The summed E-state index contributed by atoms with van der Waals surface area (Å²) < 4.78 is 17.2. The highest BCUT2D eigenvalue weighted by Gasteiger charge is 2.28. The van der Waals surface area contributed by atoms with Gasteiger partial charge < -0.3 is 24.0 Å². The second kappa shape index (κ2) is 7.46. The molecule has 2 heterocycles. The number of piperidine rings is 1. The van der Waals surface area contributed by atoms with E-state index in [1.165, 1.54) is 4.90 Å². The Hall–Kier alpha value is -2.77. The summed E-state index contributed by atoms with van der Waals surface area (Å²) in [5.41, 5.74) is 0.550. The normalized spacial score (nSPS) is 21.0. The van der Waals surface area contributed by atoms with Crippen LogP contribution in [0.4, 0.5) is 4.79 Å². The summed E-state index contributed by atoms with van der Waals surface area (Å²) >= 11 is 0. The second-order valence-corrected chi connectivity index (χ2v) is 7.11. The number of ketones is 1. The quantitative estimate of drug-likeness (QED) is 0.858. The van der Waals surface area contributed by atoms with Gasteiger partial charge in [0.2, 0.25) is 0 Å². The smallest absolute Gasteiger partial charge is 0.407 e. The monoisotopic (exact) mass is 374 g/mol. The van der Waals surface area contributed by atoms with E-state index in [9.17, 15) is 9.59 Å². The molecule has 1 aromatic heterocycles. The van der Waals surface area contributed by atoms with Crippen LogP contribution in [0, 0.1) is 5.92 Å². The van der Waals surface area contributed by atoms with E-state index in [0.29, 0.717) is 48.7 Å². The van der Waals surface area contributed by atoms with Crippen LogP contribution in [0.5, 0.6) is 11.6 Å². The summed E-state index contributed by atoms with van der Waals surface area (Å²) in [7, 11) is 0. The van der Waals surface area contributed by atoms with Crippen LogP contribution >= 0.6 is 0 Å². The van der Waals surface area contributed by atoms with Crippen LogP contribution in [0.1, 0.15) is 32.1 Å². The number of fused-ring (bicyclic) bond motifs is 1. The lowest BCUT2D eigenvalue weighted by atomic mass is 9.98. The maximum absolute atomic E-state index is 11.9. The molecular weight excluding hydrogens is 352 g/mol. The Kier molecular flexibility index (Phi) is 4.87. The lowest BCUT2D eigenvalue weighted by molar-refractivity contribution is -0.123. The Balaban J connectivity index is 1.44. The highest BCUT2D eigenvalue weighted by Crippen LogP contribution is 2.36. The average Bonchev–Trinajstić information content (AvgIpc) is 3.27. The molecule has 1 N–H and O–H groups in total. The maximum atomic E-state index is 11.9. The van der Waals surface area contributed by atoms with Gasteiger partial charge in [0.1, 0.15) is 11.1 Å². The van der Waals surface area contributed by atoms with Gasteiger partial charge in [0.25, 0.3) is 5.88 Å². The molecule has 1 unspecified atom stereocenters. The van der Waals surface area contributed by atoms with Crippen LogP contribution < -0.4 is 9.47 Å². The predicted molar refractivity (Wildman–Crippen MR) is 95.1 cm³/mol. The number of rotatable bonds is 5. The average molecular weight is 374 g/mol. The van der Waals surface area contributed by atoms with Gasteiger partial charge in [-0.1, -0.05) is 6.07 Å². The number of Topliss-reactive ketones (excluding diaryl/α,β-unsaturated/α-hetero) is 1. The minimum absolute atomic E-state index is 0.121. The Labute approximate surface area is 156 Å². The number of likely N-dealkylation sites (tertiary alicyclic amines) is 1. The van der Waals surface area contributed by atoms with E-state index in [4.69, 9.17) is 19.1 Å². The van der Waals surface area contributed by atoms with Gasteiger partial charge in [0, 0.05) is 19.5 Å². The minimum Gasteiger partial charge on any atom is -0.482 e. The zero-order valence-electron chi connectivity index (χ0n) is 14.9. The highest BCUT2D eigenvalue weighted by molar-refractivity contribution is 5.90. The Bertz CT molecular complexity index is 840. The van der Waals surface area contributed by atoms with E-state index in [1.54, 1.807) is 18.2 Å². The number of carbonyl (C=O) groups is 2. The number of ether oxygens (including phenoxy) is 2. The SMILES string of the molecule is O=C1CCCC1Oc1cccc2onc(OCC3CCN(C(=O)O)CC3)c12. The molecule has 2 aliphatic rings. The van der Waals surface area contributed by atoms with Crippen molar-refractivity contribution < 1.29 is 28.7 Å². The zero-order chi connectivity index (χ0) is 18.8. The number of aromatic nitrogens is 1. The summed E-state index contributed by atoms with van der Waals surface area (Å²) in [5.74, 6) is 1.28. The van der Waals surface area contributed by atoms with Gasteiger partial charge in [-0.2, -0.15) is 0 Å². The Morgan fingerprint density at radius 3 is 2.81 bits per heavy atom. The van der Waals surface area contributed by atoms with Crippen molar-refractivity contribution in [3.63, 3.8) is 0 Å². The molecule has 1 atom stereocenters. The molecule has 1 aliphatic heterocycles. The fourth-order valence-corrected chi connectivity index (χ4v) is 3.68.